The highest BCUT2D eigenvalue weighted by molar-refractivity contribution is 5.89. The highest BCUT2D eigenvalue weighted by Gasteiger charge is 2.86. The third-order valence-corrected chi connectivity index (χ3v) is 12.4. The third kappa shape index (κ3) is 3.05. The molecular weight excluding hydrogens is 514 g/mol. The minimum atomic E-state index is -1.53. The van der Waals surface area contributed by atoms with Crippen molar-refractivity contribution in [3.8, 4) is 0 Å². The topological polar surface area (TPSA) is 107 Å². The number of rotatable bonds is 7. The van der Waals surface area contributed by atoms with Crippen molar-refractivity contribution >= 4 is 5.97 Å². The van der Waals surface area contributed by atoms with Gasteiger partial charge in [-0.3, -0.25) is 0 Å². The van der Waals surface area contributed by atoms with E-state index in [0.29, 0.717) is 18.6 Å². The van der Waals surface area contributed by atoms with Gasteiger partial charge in [0, 0.05) is 75.5 Å². The zero-order valence-corrected chi connectivity index (χ0v) is 24.1. The van der Waals surface area contributed by atoms with E-state index in [1.54, 1.807) is 45.6 Å². The number of hydrogen-bond donors (Lipinski definition) is 2. The molecule has 2 N–H and O–H groups in total. The lowest BCUT2D eigenvalue weighted by Gasteiger charge is -2.68. The SMILES string of the molecule is COC[C@@]12CC[C@H](OC)[C@]34C([C@H]([C@H](OC)[C@H]13)[C@H]1[C@@H](O)[C@H](OC)[C@@]3(O)C[C@@H]4[C@@H]1[C@H]3OC(=O)c1ccccc1)N(C)C2. The zero-order valence-electron chi connectivity index (χ0n) is 24.1. The van der Waals surface area contributed by atoms with Crippen LogP contribution in [-0.4, -0.2) is 112 Å². The first-order valence-electron chi connectivity index (χ1n) is 14.7. The van der Waals surface area contributed by atoms with Gasteiger partial charge in [0.25, 0.3) is 0 Å². The van der Waals surface area contributed by atoms with Gasteiger partial charge in [-0.1, -0.05) is 18.2 Å². The number of aliphatic hydroxyl groups is 2. The molecule has 0 amide bonds. The molecule has 9 nitrogen and oxygen atoms in total. The van der Waals surface area contributed by atoms with E-state index in [0.717, 1.165) is 19.4 Å². The molecule has 1 spiro atoms. The number of methoxy groups -OCH3 is 4. The average molecular weight is 558 g/mol. The van der Waals surface area contributed by atoms with Crippen molar-refractivity contribution in [2.75, 3.05) is 48.6 Å². The molecule has 1 heterocycles. The van der Waals surface area contributed by atoms with Gasteiger partial charge in [-0.05, 0) is 44.4 Å². The molecule has 0 aromatic heterocycles. The van der Waals surface area contributed by atoms with Crippen LogP contribution in [0.1, 0.15) is 29.6 Å². The summed E-state index contributed by atoms with van der Waals surface area (Å²) in [5.41, 5.74) is -1.60. The van der Waals surface area contributed by atoms with Gasteiger partial charge in [-0.2, -0.15) is 0 Å². The number of aliphatic hydroxyl groups excluding tert-OH is 1. The standard InChI is InChI=1S/C31H43NO8/c1-32-14-29(15-36-2)12-11-18(37-3)31-17-13-30(35)26(40-28(34)16-9-7-6-8-10-16)19(17)20(22(33)27(30)39-5)21(25(31)32)23(38-4)24(29)31/h6-10,17-27,33,35H,11-15H2,1-5H3/t17-,18+,19+,20+,21+,22-,23+,24-,25?,26-,27+,29+,30-,31+/m1/s1. The molecule has 5 saturated carbocycles. The highest BCUT2D eigenvalue weighted by Crippen LogP contribution is 2.79. The maximum absolute atomic E-state index is 13.5. The van der Waals surface area contributed by atoms with E-state index in [2.05, 4.69) is 11.9 Å². The second-order valence-electron chi connectivity index (χ2n) is 13.5. The van der Waals surface area contributed by atoms with Crippen molar-refractivity contribution < 1.29 is 38.7 Å². The van der Waals surface area contributed by atoms with E-state index in [-0.39, 0.29) is 58.7 Å². The van der Waals surface area contributed by atoms with Crippen LogP contribution in [0, 0.1) is 40.4 Å². The lowest BCUT2D eigenvalue weighted by atomic mass is 9.43. The number of carbonyl (C=O) groups is 1. The summed E-state index contributed by atoms with van der Waals surface area (Å²) in [6.45, 7) is 1.50. The van der Waals surface area contributed by atoms with Gasteiger partial charge >= 0.3 is 5.97 Å². The first-order valence-corrected chi connectivity index (χ1v) is 14.7. The Morgan fingerprint density at radius 1 is 1.02 bits per heavy atom. The fraction of sp³-hybridized carbons (Fsp3) is 0.774. The van der Waals surface area contributed by atoms with E-state index in [1.165, 1.54) is 7.11 Å². The van der Waals surface area contributed by atoms with E-state index in [9.17, 15) is 15.0 Å². The summed E-state index contributed by atoms with van der Waals surface area (Å²) in [5.74, 6) is -1.01. The number of hydrogen-bond acceptors (Lipinski definition) is 9. The summed E-state index contributed by atoms with van der Waals surface area (Å²) in [6.07, 6.45) is -0.622. The summed E-state index contributed by atoms with van der Waals surface area (Å²) in [4.78, 5) is 15.9. The molecular formula is C31H43NO8. The number of piperidine rings is 1. The quantitative estimate of drug-likeness (QED) is 0.484. The summed E-state index contributed by atoms with van der Waals surface area (Å²) in [5, 5.41) is 24.5. The number of fused-ring (bicyclic) bond motifs is 2. The van der Waals surface area contributed by atoms with Crippen LogP contribution >= 0.6 is 0 Å². The molecule has 5 aliphatic carbocycles. The lowest BCUT2D eigenvalue weighted by molar-refractivity contribution is -0.261. The van der Waals surface area contributed by atoms with Gasteiger partial charge < -0.3 is 38.8 Å². The normalized spacial score (nSPS) is 52.0. The van der Waals surface area contributed by atoms with Crippen molar-refractivity contribution in [2.45, 2.75) is 61.4 Å². The molecule has 220 valence electrons. The Labute approximate surface area is 236 Å². The Balaban J connectivity index is 1.43. The van der Waals surface area contributed by atoms with Crippen LogP contribution in [0.25, 0.3) is 0 Å². The van der Waals surface area contributed by atoms with E-state index in [1.807, 2.05) is 6.07 Å². The van der Waals surface area contributed by atoms with Crippen LogP contribution in [0.15, 0.2) is 30.3 Å². The maximum Gasteiger partial charge on any atom is 0.338 e. The van der Waals surface area contributed by atoms with Gasteiger partial charge in [0.15, 0.2) is 0 Å². The molecule has 1 aromatic carbocycles. The Bertz CT molecular complexity index is 1150. The predicted octanol–water partition coefficient (Wildman–Crippen LogP) is 1.60. The van der Waals surface area contributed by atoms with Crippen LogP contribution in [0.2, 0.25) is 0 Å². The molecule has 1 aliphatic heterocycles. The molecule has 1 aromatic rings. The molecule has 7 rings (SSSR count). The van der Waals surface area contributed by atoms with Crippen molar-refractivity contribution in [3.05, 3.63) is 35.9 Å². The summed E-state index contributed by atoms with van der Waals surface area (Å²) < 4.78 is 31.0. The average Bonchev–Trinajstić information content (AvgIpc) is 3.30. The molecule has 40 heavy (non-hydrogen) atoms. The molecule has 9 heteroatoms. The molecule has 6 fully saturated rings. The first kappa shape index (κ1) is 27.3. The number of likely N-dealkylation sites (tertiary alicyclic amines) is 1. The first-order chi connectivity index (χ1) is 19.2. The maximum atomic E-state index is 13.5. The molecule has 14 atom stereocenters. The molecule has 1 saturated heterocycles. The van der Waals surface area contributed by atoms with E-state index >= 15 is 0 Å². The Morgan fingerprint density at radius 3 is 2.42 bits per heavy atom. The van der Waals surface area contributed by atoms with Crippen LogP contribution < -0.4 is 0 Å². The minimum absolute atomic E-state index is 0.0519. The number of nitrogens with zero attached hydrogens (tertiary/aromatic N) is 1. The van der Waals surface area contributed by atoms with Gasteiger partial charge in [-0.25, -0.2) is 4.79 Å². The Morgan fingerprint density at radius 2 is 1.77 bits per heavy atom. The van der Waals surface area contributed by atoms with E-state index < -0.39 is 29.9 Å². The van der Waals surface area contributed by atoms with Crippen LogP contribution in [0.3, 0.4) is 0 Å². The van der Waals surface area contributed by atoms with Crippen molar-refractivity contribution in [3.63, 3.8) is 0 Å². The van der Waals surface area contributed by atoms with Crippen molar-refractivity contribution in [2.24, 2.45) is 40.4 Å². The van der Waals surface area contributed by atoms with Crippen LogP contribution in [0.4, 0.5) is 0 Å². The van der Waals surface area contributed by atoms with Gasteiger partial charge in [0.1, 0.15) is 17.8 Å². The summed E-state index contributed by atoms with van der Waals surface area (Å²) in [7, 11) is 9.08. The second kappa shape index (κ2) is 9.20. The summed E-state index contributed by atoms with van der Waals surface area (Å²) in [6, 6.07) is 9.00. The number of benzene rings is 1. The van der Waals surface area contributed by atoms with Gasteiger partial charge in [0.05, 0.1) is 30.5 Å². The smallest absolute Gasteiger partial charge is 0.338 e. The predicted molar refractivity (Wildman–Crippen MR) is 143 cm³/mol. The lowest BCUT2D eigenvalue weighted by Crippen LogP contribution is -2.74. The largest absolute Gasteiger partial charge is 0.455 e. The number of carbonyl (C=O) groups excluding carboxylic acids is 1. The fourth-order valence-electron chi connectivity index (χ4n) is 11.9. The Hall–Kier alpha value is -1.59. The van der Waals surface area contributed by atoms with Crippen LogP contribution in [-0.2, 0) is 23.7 Å². The number of esters is 1. The molecule has 7 bridgehead atoms. The van der Waals surface area contributed by atoms with Crippen molar-refractivity contribution in [1.82, 2.24) is 4.90 Å². The molecule has 0 radical (unpaired) electrons. The Kier molecular flexibility index (Phi) is 6.27. The molecule has 6 aliphatic rings. The number of ether oxygens (including phenoxy) is 5. The summed E-state index contributed by atoms with van der Waals surface area (Å²) >= 11 is 0. The van der Waals surface area contributed by atoms with Crippen LogP contribution in [0.5, 0.6) is 0 Å². The van der Waals surface area contributed by atoms with Crippen molar-refractivity contribution in [1.29, 1.82) is 0 Å². The van der Waals surface area contributed by atoms with Gasteiger partial charge in [-0.15, -0.1) is 0 Å². The second-order valence-corrected chi connectivity index (χ2v) is 13.5. The third-order valence-electron chi connectivity index (χ3n) is 12.4. The van der Waals surface area contributed by atoms with E-state index in [4.69, 9.17) is 23.7 Å². The molecule has 1 unspecified atom stereocenters. The highest BCUT2D eigenvalue weighted by atomic mass is 16.6. The monoisotopic (exact) mass is 557 g/mol. The van der Waals surface area contributed by atoms with Gasteiger partial charge in [0.2, 0.25) is 0 Å². The minimum Gasteiger partial charge on any atom is -0.455 e. The fourth-order valence-corrected chi connectivity index (χ4v) is 11.9. The zero-order chi connectivity index (χ0) is 28.2.